The zero-order valence-corrected chi connectivity index (χ0v) is 18.4. The van der Waals surface area contributed by atoms with E-state index in [2.05, 4.69) is 6.58 Å². The van der Waals surface area contributed by atoms with Crippen molar-refractivity contribution in [3.05, 3.63) is 77.9 Å². The van der Waals surface area contributed by atoms with Crippen molar-refractivity contribution < 1.29 is 29.0 Å². The van der Waals surface area contributed by atoms with E-state index in [1.54, 1.807) is 54.6 Å². The lowest BCUT2D eigenvalue weighted by Gasteiger charge is -2.34. The van der Waals surface area contributed by atoms with E-state index in [9.17, 15) is 19.5 Å². The number of nitrogens with zero attached hydrogens (tertiary/aromatic N) is 2. The molecule has 0 aromatic heterocycles. The van der Waals surface area contributed by atoms with Gasteiger partial charge in [0.15, 0.2) is 5.54 Å². The molecule has 170 valence electrons. The highest BCUT2D eigenvalue weighted by Crippen LogP contribution is 2.53. The maximum absolute atomic E-state index is 14.0. The molecule has 2 aliphatic heterocycles. The zero-order chi connectivity index (χ0) is 23.8. The van der Waals surface area contributed by atoms with E-state index in [0.717, 1.165) is 0 Å². The van der Waals surface area contributed by atoms with Crippen LogP contribution < -0.4 is 9.64 Å². The molecule has 33 heavy (non-hydrogen) atoms. The lowest BCUT2D eigenvalue weighted by molar-refractivity contribution is -0.144. The highest BCUT2D eigenvalue weighted by molar-refractivity contribution is 6.50. The van der Waals surface area contributed by atoms with E-state index < -0.39 is 28.9 Å². The minimum Gasteiger partial charge on any atom is -0.507 e. The Bertz CT molecular complexity index is 1170. The van der Waals surface area contributed by atoms with Crippen molar-refractivity contribution in [2.45, 2.75) is 5.54 Å². The predicted molar refractivity (Wildman–Crippen MR) is 122 cm³/mol. The van der Waals surface area contributed by atoms with E-state index in [1.165, 1.54) is 24.0 Å². The molecule has 0 bridgehead atoms. The number of benzene rings is 2. The van der Waals surface area contributed by atoms with Gasteiger partial charge in [0.2, 0.25) is 0 Å². The summed E-state index contributed by atoms with van der Waals surface area (Å²) in [7, 11) is 2.98. The second-order valence-electron chi connectivity index (χ2n) is 7.66. The summed E-state index contributed by atoms with van der Waals surface area (Å²) in [5.41, 5.74) is -0.796. The third-order valence-electron chi connectivity index (χ3n) is 6.00. The van der Waals surface area contributed by atoms with Gasteiger partial charge in [-0.25, -0.2) is 0 Å². The van der Waals surface area contributed by atoms with E-state index in [1.807, 2.05) is 0 Å². The molecule has 2 aliphatic rings. The number of amides is 2. The van der Waals surface area contributed by atoms with Crippen LogP contribution in [0.3, 0.4) is 0 Å². The molecule has 1 N–H and O–H groups in total. The van der Waals surface area contributed by atoms with Crippen LogP contribution in [-0.4, -0.2) is 61.5 Å². The molecule has 0 radical (unpaired) electrons. The first kappa shape index (κ1) is 22.3. The number of ketones is 1. The Morgan fingerprint density at radius 2 is 1.79 bits per heavy atom. The highest BCUT2D eigenvalue weighted by Gasteiger charge is 2.66. The summed E-state index contributed by atoms with van der Waals surface area (Å²) < 4.78 is 10.3. The number of methoxy groups -OCH3 is 2. The van der Waals surface area contributed by atoms with Gasteiger partial charge in [-0.3, -0.25) is 14.4 Å². The number of carbonyl (C=O) groups excluding carboxylic acids is 3. The molecule has 1 unspecified atom stereocenters. The van der Waals surface area contributed by atoms with Gasteiger partial charge in [-0.2, -0.15) is 0 Å². The molecule has 2 aromatic rings. The zero-order valence-electron chi connectivity index (χ0n) is 18.4. The molecule has 1 fully saturated rings. The number of para-hydroxylation sites is 1. The Kier molecular flexibility index (Phi) is 5.78. The van der Waals surface area contributed by atoms with Crippen LogP contribution in [-0.2, 0) is 24.7 Å². The maximum atomic E-state index is 14.0. The number of carbonyl (C=O) groups is 3. The lowest BCUT2D eigenvalue weighted by atomic mass is 9.82. The first-order chi connectivity index (χ1) is 15.9. The molecule has 1 saturated heterocycles. The summed E-state index contributed by atoms with van der Waals surface area (Å²) in [4.78, 5) is 43.2. The van der Waals surface area contributed by atoms with Gasteiger partial charge in [-0.1, -0.05) is 24.3 Å². The van der Waals surface area contributed by atoms with E-state index in [0.29, 0.717) is 17.0 Å². The number of aliphatic hydroxyl groups excluding tert-OH is 1. The maximum Gasteiger partial charge on any atom is 0.296 e. The van der Waals surface area contributed by atoms with Crippen molar-refractivity contribution in [3.63, 3.8) is 0 Å². The summed E-state index contributed by atoms with van der Waals surface area (Å²) in [6, 6.07) is 13.3. The van der Waals surface area contributed by atoms with E-state index >= 15 is 0 Å². The molecule has 4 rings (SSSR count). The van der Waals surface area contributed by atoms with Gasteiger partial charge in [0.25, 0.3) is 17.6 Å². The summed E-state index contributed by atoms with van der Waals surface area (Å²) >= 11 is 0. The van der Waals surface area contributed by atoms with Crippen molar-refractivity contribution in [3.8, 4) is 5.75 Å². The van der Waals surface area contributed by atoms with Crippen LogP contribution in [0.15, 0.2) is 66.8 Å². The largest absolute Gasteiger partial charge is 0.507 e. The monoisotopic (exact) mass is 448 g/mol. The number of likely N-dealkylation sites (tertiary alicyclic amines) is 1. The lowest BCUT2D eigenvalue weighted by Crippen LogP contribution is -2.52. The highest BCUT2D eigenvalue weighted by atomic mass is 16.5. The second-order valence-corrected chi connectivity index (χ2v) is 7.66. The van der Waals surface area contributed by atoms with Crippen molar-refractivity contribution in [1.82, 2.24) is 4.90 Å². The van der Waals surface area contributed by atoms with E-state index in [-0.39, 0.29) is 30.8 Å². The number of hydrogen-bond donors (Lipinski definition) is 1. The SMILES string of the molecule is C=CCN1C(=O)C2(C(=C(O)c3ccc(OC)cc3)C(=O)C(=O)N2CCOC)c2ccccc21. The summed E-state index contributed by atoms with van der Waals surface area (Å²) in [5.74, 6) is -2.18. The third-order valence-corrected chi connectivity index (χ3v) is 6.00. The van der Waals surface area contributed by atoms with Crippen LogP contribution in [0.1, 0.15) is 11.1 Å². The summed E-state index contributed by atoms with van der Waals surface area (Å²) in [6.45, 7) is 4.00. The van der Waals surface area contributed by atoms with Crippen molar-refractivity contribution in [1.29, 1.82) is 0 Å². The third kappa shape index (κ3) is 3.14. The average Bonchev–Trinajstić information content (AvgIpc) is 3.21. The van der Waals surface area contributed by atoms with Crippen LogP contribution in [0.25, 0.3) is 5.76 Å². The van der Waals surface area contributed by atoms with Crippen LogP contribution in [0.5, 0.6) is 5.75 Å². The molecular weight excluding hydrogens is 424 g/mol. The molecule has 2 amide bonds. The predicted octanol–water partition coefficient (Wildman–Crippen LogP) is 2.45. The number of anilines is 1. The standard InChI is InChI=1S/C25H24N2O6/c1-4-13-26-19-8-6-5-7-18(19)25(24(26)31)20(22(29)23(30)27(25)14-15-32-2)21(28)16-9-11-17(33-3)12-10-16/h4-12,28H,1,13-15H2,2-3H3. The Hall–Kier alpha value is -3.91. The fourth-order valence-electron chi connectivity index (χ4n) is 4.55. The number of Topliss-reactive ketones (excluding diaryl/α,β-unsaturated/α-hetero) is 1. The molecule has 1 spiro atoms. The Labute approximate surface area is 191 Å². The number of aliphatic hydroxyl groups is 1. The molecule has 2 aromatic carbocycles. The molecule has 0 aliphatic carbocycles. The minimum absolute atomic E-state index is 0.0114. The summed E-state index contributed by atoms with van der Waals surface area (Å²) in [6.07, 6.45) is 1.57. The van der Waals surface area contributed by atoms with Gasteiger partial charge in [-0.15, -0.1) is 6.58 Å². The van der Waals surface area contributed by atoms with Gasteiger partial charge in [0.1, 0.15) is 11.5 Å². The molecular formula is C25H24N2O6. The first-order valence-electron chi connectivity index (χ1n) is 10.4. The van der Waals surface area contributed by atoms with Crippen molar-refractivity contribution >= 4 is 29.0 Å². The number of rotatable bonds is 7. The minimum atomic E-state index is -1.81. The van der Waals surface area contributed by atoms with Gasteiger partial charge >= 0.3 is 0 Å². The Balaban J connectivity index is 2.03. The quantitative estimate of drug-likeness (QED) is 0.303. The van der Waals surface area contributed by atoms with Gasteiger partial charge in [0.05, 0.1) is 25.0 Å². The van der Waals surface area contributed by atoms with Crippen LogP contribution in [0.2, 0.25) is 0 Å². The second kappa shape index (κ2) is 8.55. The topological polar surface area (TPSA) is 96.4 Å². The Morgan fingerprint density at radius 1 is 1.09 bits per heavy atom. The first-order valence-corrected chi connectivity index (χ1v) is 10.4. The molecule has 1 atom stereocenters. The van der Waals surface area contributed by atoms with Gasteiger partial charge in [-0.05, 0) is 30.3 Å². The Morgan fingerprint density at radius 3 is 2.42 bits per heavy atom. The van der Waals surface area contributed by atoms with Crippen molar-refractivity contribution in [2.75, 3.05) is 38.8 Å². The van der Waals surface area contributed by atoms with Crippen LogP contribution >= 0.6 is 0 Å². The molecule has 8 heteroatoms. The average molecular weight is 448 g/mol. The van der Waals surface area contributed by atoms with Gasteiger partial charge in [0, 0.05) is 31.3 Å². The fourth-order valence-corrected chi connectivity index (χ4v) is 4.55. The fraction of sp³-hybridized carbons (Fsp3) is 0.240. The van der Waals surface area contributed by atoms with E-state index in [4.69, 9.17) is 9.47 Å². The molecule has 8 nitrogen and oxygen atoms in total. The number of fused-ring (bicyclic) bond motifs is 2. The molecule has 0 saturated carbocycles. The van der Waals surface area contributed by atoms with Crippen LogP contribution in [0.4, 0.5) is 5.69 Å². The smallest absolute Gasteiger partial charge is 0.296 e. The molecule has 2 heterocycles. The van der Waals surface area contributed by atoms with Crippen LogP contribution in [0, 0.1) is 0 Å². The normalized spacial score (nSPS) is 21.1. The summed E-state index contributed by atoms with van der Waals surface area (Å²) in [5, 5.41) is 11.3. The number of hydrogen-bond acceptors (Lipinski definition) is 6. The van der Waals surface area contributed by atoms with Gasteiger partial charge < -0.3 is 24.4 Å². The van der Waals surface area contributed by atoms with Crippen molar-refractivity contribution in [2.24, 2.45) is 0 Å². The number of ether oxygens (including phenoxy) is 2.